The van der Waals surface area contributed by atoms with Gasteiger partial charge in [-0.1, -0.05) is 12.1 Å². The summed E-state index contributed by atoms with van der Waals surface area (Å²) in [5.41, 5.74) is 1.91. The van der Waals surface area contributed by atoms with Gasteiger partial charge >= 0.3 is 0 Å². The number of carbonyl (C=O) groups is 2. The van der Waals surface area contributed by atoms with Crippen molar-refractivity contribution in [1.29, 1.82) is 0 Å². The van der Waals surface area contributed by atoms with Gasteiger partial charge in [-0.25, -0.2) is 0 Å². The van der Waals surface area contributed by atoms with Crippen molar-refractivity contribution >= 4 is 21.9 Å². The zero-order valence-corrected chi connectivity index (χ0v) is 19.4. The summed E-state index contributed by atoms with van der Waals surface area (Å²) in [6, 6.07) is 10.6. The monoisotopic (exact) mass is 474 g/mol. The Labute approximate surface area is 192 Å². The Hall–Kier alpha value is -3.11. The summed E-state index contributed by atoms with van der Waals surface area (Å²) in [6.07, 6.45) is 2.08. The van der Waals surface area contributed by atoms with Crippen LogP contribution in [0.2, 0.25) is 0 Å². The molecule has 33 heavy (non-hydrogen) atoms. The van der Waals surface area contributed by atoms with Crippen LogP contribution in [0.25, 0.3) is 0 Å². The first-order chi connectivity index (χ1) is 15.7. The van der Waals surface area contributed by atoms with E-state index in [0.29, 0.717) is 22.6 Å². The summed E-state index contributed by atoms with van der Waals surface area (Å²) >= 11 is 0. The van der Waals surface area contributed by atoms with E-state index < -0.39 is 28.0 Å². The molecule has 1 aliphatic heterocycles. The zero-order valence-electron chi connectivity index (χ0n) is 18.6. The smallest absolute Gasteiger partial charge is 0.264 e. The molecule has 0 bridgehead atoms. The molecule has 10 heteroatoms. The lowest BCUT2D eigenvalue weighted by Crippen LogP contribution is -2.27. The highest BCUT2D eigenvalue weighted by Gasteiger charge is 2.40. The van der Waals surface area contributed by atoms with E-state index in [-0.39, 0.29) is 24.1 Å². The molecule has 0 radical (unpaired) electrons. The normalized spacial score (nSPS) is 19.4. The Bertz CT molecular complexity index is 1190. The van der Waals surface area contributed by atoms with Crippen molar-refractivity contribution in [2.45, 2.75) is 30.9 Å². The van der Waals surface area contributed by atoms with Crippen molar-refractivity contribution in [3.63, 3.8) is 0 Å². The lowest BCUT2D eigenvalue weighted by Gasteiger charge is -2.19. The Morgan fingerprint density at radius 1 is 1.15 bits per heavy atom. The number of carbonyl (C=O) groups excluding carboxylic acids is 2. The Morgan fingerprint density at radius 2 is 1.91 bits per heavy atom. The number of fused-ring (bicyclic) bond motifs is 1. The summed E-state index contributed by atoms with van der Waals surface area (Å²) in [7, 11) is -0.686. The van der Waals surface area contributed by atoms with E-state index in [2.05, 4.69) is 10.6 Å². The second kappa shape index (κ2) is 9.03. The number of rotatable bonds is 8. The van der Waals surface area contributed by atoms with Gasteiger partial charge in [0, 0.05) is 24.2 Å². The summed E-state index contributed by atoms with van der Waals surface area (Å²) in [5, 5.41) is 5.52. The van der Waals surface area contributed by atoms with Crippen LogP contribution in [0.4, 0.5) is 0 Å². The van der Waals surface area contributed by atoms with Gasteiger partial charge in [0.05, 0.1) is 24.8 Å². The maximum Gasteiger partial charge on any atom is 0.264 e. The number of nitrogens with one attached hydrogen (secondary N) is 2. The maximum atomic E-state index is 12.8. The second-order valence-electron chi connectivity index (χ2n) is 8.17. The van der Waals surface area contributed by atoms with Gasteiger partial charge in [-0.3, -0.25) is 13.8 Å². The fraction of sp³-hybridized carbons (Fsp3) is 0.391. The van der Waals surface area contributed by atoms with Gasteiger partial charge in [-0.05, 0) is 42.7 Å². The fourth-order valence-electron chi connectivity index (χ4n) is 3.91. The number of methoxy groups -OCH3 is 1. The molecule has 1 saturated carbocycles. The molecule has 0 saturated heterocycles. The van der Waals surface area contributed by atoms with Gasteiger partial charge in [-0.2, -0.15) is 8.42 Å². The molecule has 2 aromatic carbocycles. The van der Waals surface area contributed by atoms with Crippen LogP contribution in [0.15, 0.2) is 36.4 Å². The molecular formula is C23H26N2O7S. The third-order valence-electron chi connectivity index (χ3n) is 5.64. The van der Waals surface area contributed by atoms with Crippen molar-refractivity contribution in [2.24, 2.45) is 0 Å². The van der Waals surface area contributed by atoms with Gasteiger partial charge in [0.2, 0.25) is 0 Å². The first kappa shape index (κ1) is 23.1. The maximum absolute atomic E-state index is 12.8. The molecule has 2 aromatic rings. The molecule has 0 aromatic heterocycles. The van der Waals surface area contributed by atoms with Crippen molar-refractivity contribution in [1.82, 2.24) is 10.6 Å². The molecule has 2 amide bonds. The highest BCUT2D eigenvalue weighted by Crippen LogP contribution is 2.46. The van der Waals surface area contributed by atoms with Crippen molar-refractivity contribution in [3.8, 4) is 11.5 Å². The molecule has 176 valence electrons. The molecule has 0 spiro atoms. The topological polar surface area (TPSA) is 120 Å². The minimum atomic E-state index is -3.72. The molecule has 2 atom stereocenters. The minimum Gasteiger partial charge on any atom is -0.497 e. The summed E-state index contributed by atoms with van der Waals surface area (Å²) in [6.45, 7) is -0.258. The molecular weight excluding hydrogens is 448 g/mol. The highest BCUT2D eigenvalue weighted by atomic mass is 32.2. The minimum absolute atomic E-state index is 0.149. The SMILES string of the molecule is CNC(=O)c1cc(C(=O)NC2CC2)cc2c1OC(COS(C)(=O)=O)C2c1cccc(OC)c1. The quantitative estimate of drug-likeness (QED) is 0.560. The van der Waals surface area contributed by atoms with Crippen LogP contribution in [0, 0.1) is 0 Å². The molecule has 1 heterocycles. The summed E-state index contributed by atoms with van der Waals surface area (Å²) in [5.74, 6) is -0.272. The van der Waals surface area contributed by atoms with Crippen molar-refractivity contribution < 1.29 is 31.7 Å². The fourth-order valence-corrected chi connectivity index (χ4v) is 4.30. The molecule has 2 N–H and O–H groups in total. The van der Waals surface area contributed by atoms with E-state index >= 15 is 0 Å². The average Bonchev–Trinajstić information content (AvgIpc) is 3.53. The Kier molecular flexibility index (Phi) is 6.31. The van der Waals surface area contributed by atoms with Gasteiger partial charge < -0.3 is 20.1 Å². The Balaban J connectivity index is 1.83. The lowest BCUT2D eigenvalue weighted by atomic mass is 9.86. The number of hydrogen-bond donors (Lipinski definition) is 2. The summed E-state index contributed by atoms with van der Waals surface area (Å²) < 4.78 is 39.8. The number of amides is 2. The van der Waals surface area contributed by atoms with Crippen LogP contribution in [-0.4, -0.2) is 59.4 Å². The highest BCUT2D eigenvalue weighted by molar-refractivity contribution is 7.85. The summed E-state index contributed by atoms with van der Waals surface area (Å²) in [4.78, 5) is 25.5. The van der Waals surface area contributed by atoms with E-state index in [1.165, 1.54) is 13.1 Å². The van der Waals surface area contributed by atoms with Crippen molar-refractivity contribution in [3.05, 3.63) is 58.7 Å². The third-order valence-corrected chi connectivity index (χ3v) is 6.20. The second-order valence-corrected chi connectivity index (χ2v) is 9.81. The molecule has 4 rings (SSSR count). The van der Waals surface area contributed by atoms with E-state index in [0.717, 1.165) is 24.7 Å². The van der Waals surface area contributed by atoms with Gasteiger partial charge in [-0.15, -0.1) is 0 Å². The van der Waals surface area contributed by atoms with Crippen LogP contribution in [0.1, 0.15) is 50.6 Å². The number of hydrogen-bond acceptors (Lipinski definition) is 7. The van der Waals surface area contributed by atoms with Crippen LogP contribution < -0.4 is 20.1 Å². The number of ether oxygens (including phenoxy) is 2. The molecule has 2 unspecified atom stereocenters. The van der Waals surface area contributed by atoms with Gasteiger partial charge in [0.15, 0.2) is 0 Å². The largest absolute Gasteiger partial charge is 0.497 e. The van der Waals surface area contributed by atoms with Crippen LogP contribution in [0.5, 0.6) is 11.5 Å². The number of benzene rings is 2. The third kappa shape index (κ3) is 5.12. The Morgan fingerprint density at radius 3 is 2.55 bits per heavy atom. The van der Waals surface area contributed by atoms with E-state index in [1.807, 2.05) is 18.2 Å². The predicted octanol–water partition coefficient (Wildman–Crippen LogP) is 1.82. The van der Waals surface area contributed by atoms with Crippen molar-refractivity contribution in [2.75, 3.05) is 27.0 Å². The molecule has 1 fully saturated rings. The molecule has 2 aliphatic rings. The van der Waals surface area contributed by atoms with Crippen LogP contribution in [0.3, 0.4) is 0 Å². The lowest BCUT2D eigenvalue weighted by molar-refractivity contribution is 0.0951. The standard InChI is InChI=1S/C23H26N2O7S/c1-24-23(27)18-11-14(22(26)25-15-7-8-15)10-17-20(13-5-4-6-16(9-13)30-2)19(32-21(17)18)12-31-33(3,28)29/h4-6,9-11,15,19-20H,7-8,12H2,1-3H3,(H,24,27)(H,25,26). The molecule has 1 aliphatic carbocycles. The van der Waals surface area contributed by atoms with Gasteiger partial charge in [0.1, 0.15) is 24.2 Å². The van der Waals surface area contributed by atoms with Crippen LogP contribution >= 0.6 is 0 Å². The molecule has 9 nitrogen and oxygen atoms in total. The van der Waals surface area contributed by atoms with E-state index in [1.54, 1.807) is 19.2 Å². The first-order valence-corrected chi connectivity index (χ1v) is 12.4. The first-order valence-electron chi connectivity index (χ1n) is 10.6. The van der Waals surface area contributed by atoms with E-state index in [4.69, 9.17) is 13.7 Å². The average molecular weight is 475 g/mol. The van der Waals surface area contributed by atoms with E-state index in [9.17, 15) is 18.0 Å². The zero-order chi connectivity index (χ0) is 23.8. The van der Waals surface area contributed by atoms with Crippen LogP contribution in [-0.2, 0) is 14.3 Å². The predicted molar refractivity (Wildman–Crippen MR) is 120 cm³/mol. The van der Waals surface area contributed by atoms with Gasteiger partial charge in [0.25, 0.3) is 21.9 Å².